The molecule has 0 unspecified atom stereocenters. The first-order valence-electron chi connectivity index (χ1n) is 11.2. The molecule has 0 aliphatic heterocycles. The van der Waals surface area contributed by atoms with Gasteiger partial charge in [-0.3, -0.25) is 9.59 Å². The molecule has 1 amide bonds. The molecule has 8 heteroatoms. The quantitative estimate of drug-likeness (QED) is 0.473. The smallest absolute Gasteiger partial charge is 0.259 e. The van der Waals surface area contributed by atoms with E-state index in [0.717, 1.165) is 53.6 Å². The van der Waals surface area contributed by atoms with E-state index in [1.807, 2.05) is 29.2 Å². The van der Waals surface area contributed by atoms with Crippen molar-refractivity contribution >= 4 is 39.2 Å². The number of methoxy groups -OCH3 is 1. The molecule has 2 aliphatic rings. The van der Waals surface area contributed by atoms with Crippen molar-refractivity contribution in [1.82, 2.24) is 14.9 Å². The Morgan fingerprint density at radius 2 is 2.09 bits per heavy atom. The average molecular weight is 470 g/mol. The Morgan fingerprint density at radius 1 is 1.28 bits per heavy atom. The first-order valence-corrected chi connectivity index (χ1v) is 13.1. The largest absolute Gasteiger partial charge is 0.497 e. The van der Waals surface area contributed by atoms with Crippen molar-refractivity contribution in [3.8, 4) is 5.75 Å². The van der Waals surface area contributed by atoms with Gasteiger partial charge in [0.05, 0.1) is 18.2 Å². The number of hydrogen-bond donors (Lipinski definition) is 1. The molecule has 1 saturated carbocycles. The van der Waals surface area contributed by atoms with Crippen LogP contribution in [0.3, 0.4) is 0 Å². The molecule has 0 bridgehead atoms. The van der Waals surface area contributed by atoms with Crippen molar-refractivity contribution < 1.29 is 9.53 Å². The third kappa shape index (κ3) is 4.57. The number of amides is 1. The van der Waals surface area contributed by atoms with Crippen LogP contribution in [0.15, 0.2) is 29.1 Å². The summed E-state index contributed by atoms with van der Waals surface area (Å²) in [7, 11) is 1.66. The third-order valence-electron chi connectivity index (χ3n) is 6.14. The van der Waals surface area contributed by atoms with Gasteiger partial charge in [-0.1, -0.05) is 12.1 Å². The molecule has 2 heterocycles. The number of aryl methyl sites for hydroxylation is 2. The second-order valence-corrected chi connectivity index (χ2v) is 10.6. The number of fused-ring (bicyclic) bond motifs is 3. The molecule has 5 rings (SSSR count). The number of carbonyl (C=O) groups is 1. The average Bonchev–Trinajstić information content (AvgIpc) is 3.43. The molecule has 32 heavy (non-hydrogen) atoms. The number of benzene rings is 1. The maximum absolute atomic E-state index is 12.9. The van der Waals surface area contributed by atoms with Crippen LogP contribution in [0, 0.1) is 0 Å². The van der Waals surface area contributed by atoms with Crippen LogP contribution in [0.4, 0.5) is 0 Å². The van der Waals surface area contributed by atoms with Crippen molar-refractivity contribution in [3.63, 3.8) is 0 Å². The van der Waals surface area contributed by atoms with Gasteiger partial charge in [-0.15, -0.1) is 11.3 Å². The molecule has 1 N–H and O–H groups in total. The summed E-state index contributed by atoms with van der Waals surface area (Å²) in [6, 6.07) is 8.29. The molecule has 0 atom stereocenters. The van der Waals surface area contributed by atoms with Crippen molar-refractivity contribution in [3.05, 3.63) is 56.4 Å². The van der Waals surface area contributed by atoms with Gasteiger partial charge in [0.15, 0.2) is 0 Å². The van der Waals surface area contributed by atoms with Gasteiger partial charge < -0.3 is 14.6 Å². The number of thioether (sulfide) groups is 1. The Balaban J connectivity index is 1.16. The number of nitrogens with zero attached hydrogens (tertiary/aromatic N) is 2. The second kappa shape index (κ2) is 9.27. The molecule has 1 fully saturated rings. The lowest BCUT2D eigenvalue weighted by Gasteiger charge is -2.22. The molecule has 0 radical (unpaired) electrons. The highest BCUT2D eigenvalue weighted by molar-refractivity contribution is 7.98. The van der Waals surface area contributed by atoms with E-state index < -0.39 is 0 Å². The Morgan fingerprint density at radius 3 is 2.84 bits per heavy atom. The fourth-order valence-electron chi connectivity index (χ4n) is 4.32. The molecule has 2 aliphatic carbocycles. The van der Waals surface area contributed by atoms with Crippen LogP contribution in [0.5, 0.6) is 5.75 Å². The monoisotopic (exact) mass is 469 g/mol. The topological polar surface area (TPSA) is 75.3 Å². The summed E-state index contributed by atoms with van der Waals surface area (Å²) in [6.07, 6.45) is 5.87. The van der Waals surface area contributed by atoms with Crippen LogP contribution < -0.4 is 10.3 Å². The number of H-pyrrole nitrogens is 1. The van der Waals surface area contributed by atoms with Gasteiger partial charge in [0.25, 0.3) is 5.56 Å². The second-order valence-electron chi connectivity index (χ2n) is 8.45. The van der Waals surface area contributed by atoms with Crippen molar-refractivity contribution in [1.29, 1.82) is 0 Å². The molecule has 6 nitrogen and oxygen atoms in total. The van der Waals surface area contributed by atoms with Crippen molar-refractivity contribution in [2.75, 3.05) is 12.9 Å². The van der Waals surface area contributed by atoms with Crippen LogP contribution in [-0.2, 0) is 29.9 Å². The summed E-state index contributed by atoms with van der Waals surface area (Å²) in [5, 5.41) is 0.796. The van der Waals surface area contributed by atoms with Crippen LogP contribution >= 0.6 is 23.1 Å². The molecule has 0 saturated heterocycles. The summed E-state index contributed by atoms with van der Waals surface area (Å²) >= 11 is 3.32. The Labute approximate surface area is 195 Å². The first-order chi connectivity index (χ1) is 15.6. The number of aromatic amines is 1. The minimum Gasteiger partial charge on any atom is -0.497 e. The summed E-state index contributed by atoms with van der Waals surface area (Å²) in [5.41, 5.74) is 2.32. The number of carbonyl (C=O) groups excluding carboxylic acids is 1. The normalized spacial score (nSPS) is 15.2. The highest BCUT2D eigenvalue weighted by Gasteiger charge is 2.32. The zero-order valence-corrected chi connectivity index (χ0v) is 19.8. The minimum atomic E-state index is -0.0134. The molecule has 1 aromatic carbocycles. The summed E-state index contributed by atoms with van der Waals surface area (Å²) in [5.74, 6) is 3.06. The van der Waals surface area contributed by atoms with Gasteiger partial charge in [-0.05, 0) is 55.4 Å². The zero-order chi connectivity index (χ0) is 22.1. The van der Waals surface area contributed by atoms with Gasteiger partial charge in [-0.25, -0.2) is 4.98 Å². The Bertz CT molecular complexity index is 1180. The highest BCUT2D eigenvalue weighted by Crippen LogP contribution is 2.34. The highest BCUT2D eigenvalue weighted by atomic mass is 32.2. The maximum atomic E-state index is 12.9. The molecule has 0 spiro atoms. The van der Waals surface area contributed by atoms with E-state index in [0.29, 0.717) is 36.3 Å². The lowest BCUT2D eigenvalue weighted by atomic mass is 10.2. The molecular formula is C24H27N3O3S2. The number of nitrogens with one attached hydrogen (secondary N) is 1. The van der Waals surface area contributed by atoms with Crippen LogP contribution in [0.25, 0.3) is 10.2 Å². The van der Waals surface area contributed by atoms with Crippen LogP contribution in [0.1, 0.15) is 47.5 Å². The van der Waals surface area contributed by atoms with E-state index in [1.165, 1.54) is 10.4 Å². The number of rotatable bonds is 9. The fraction of sp³-hybridized carbons (Fsp3) is 0.458. The number of ether oxygens (including phenoxy) is 1. The van der Waals surface area contributed by atoms with Crippen LogP contribution in [0.2, 0.25) is 0 Å². The van der Waals surface area contributed by atoms with E-state index in [2.05, 4.69) is 4.98 Å². The number of aromatic nitrogens is 2. The van der Waals surface area contributed by atoms with E-state index in [1.54, 1.807) is 30.2 Å². The van der Waals surface area contributed by atoms with E-state index in [9.17, 15) is 9.59 Å². The predicted molar refractivity (Wildman–Crippen MR) is 130 cm³/mol. The van der Waals surface area contributed by atoms with Gasteiger partial charge in [0.2, 0.25) is 5.91 Å². The van der Waals surface area contributed by atoms with Crippen LogP contribution in [-0.4, -0.2) is 39.7 Å². The SMILES string of the molecule is COc1ccc(CN(C(=O)CCSCc2nc3sc4c(c3c(=O)[nH]2)CCC4)C2CC2)cc1. The van der Waals surface area contributed by atoms with Gasteiger partial charge in [0, 0.05) is 29.6 Å². The minimum absolute atomic E-state index is 0.0134. The summed E-state index contributed by atoms with van der Waals surface area (Å²) < 4.78 is 5.22. The third-order valence-corrected chi connectivity index (χ3v) is 8.30. The molecule has 2 aromatic heterocycles. The number of hydrogen-bond acceptors (Lipinski definition) is 6. The van der Waals surface area contributed by atoms with E-state index >= 15 is 0 Å². The molecular weight excluding hydrogens is 442 g/mol. The Hall–Kier alpha value is -2.32. The standard InChI is InChI=1S/C24H27N3O3S2/c1-30-17-9-5-15(6-10-17)13-27(16-7-8-16)21(28)11-12-31-14-20-25-23(29)22-18-3-2-4-19(18)32-24(22)26-20/h5-6,9-10,16H,2-4,7-8,11-14H2,1H3,(H,25,26,29). The van der Waals surface area contributed by atoms with Gasteiger partial charge >= 0.3 is 0 Å². The lowest BCUT2D eigenvalue weighted by molar-refractivity contribution is -0.131. The van der Waals surface area contributed by atoms with Crippen molar-refractivity contribution in [2.24, 2.45) is 0 Å². The van der Waals surface area contributed by atoms with Gasteiger partial charge in [-0.2, -0.15) is 11.8 Å². The van der Waals surface area contributed by atoms with E-state index in [4.69, 9.17) is 9.72 Å². The lowest BCUT2D eigenvalue weighted by Crippen LogP contribution is -2.32. The first kappa shape index (κ1) is 21.5. The number of thiophene rings is 1. The summed E-state index contributed by atoms with van der Waals surface area (Å²) in [6.45, 7) is 0.646. The fourth-order valence-corrected chi connectivity index (χ4v) is 6.40. The van der Waals surface area contributed by atoms with E-state index in [-0.39, 0.29) is 11.5 Å². The van der Waals surface area contributed by atoms with Gasteiger partial charge in [0.1, 0.15) is 16.4 Å². The Kier molecular flexibility index (Phi) is 6.24. The maximum Gasteiger partial charge on any atom is 0.259 e. The summed E-state index contributed by atoms with van der Waals surface area (Å²) in [4.78, 5) is 37.3. The predicted octanol–water partition coefficient (Wildman–Crippen LogP) is 4.30. The molecule has 168 valence electrons. The van der Waals surface area contributed by atoms with Crippen molar-refractivity contribution in [2.45, 2.75) is 56.9 Å². The zero-order valence-electron chi connectivity index (χ0n) is 18.2. The molecule has 3 aromatic rings.